The molecule has 0 bridgehead atoms. The van der Waals surface area contributed by atoms with E-state index in [1.807, 2.05) is 20.8 Å². The van der Waals surface area contributed by atoms with Crippen molar-refractivity contribution in [3.05, 3.63) is 0 Å². The van der Waals surface area contributed by atoms with Gasteiger partial charge in [-0.05, 0) is 33.1 Å². The van der Waals surface area contributed by atoms with Crippen molar-refractivity contribution in [1.82, 2.24) is 10.4 Å². The predicted molar refractivity (Wildman–Crippen MR) is 67.5 cm³/mol. The minimum Gasteiger partial charge on any atom is -0.443 e. The third-order valence-corrected chi connectivity index (χ3v) is 2.17. The summed E-state index contributed by atoms with van der Waals surface area (Å²) in [6.07, 6.45) is 0.310. The van der Waals surface area contributed by atoms with E-state index >= 15 is 0 Å². The Hall–Kier alpha value is -0.810. The zero-order valence-electron chi connectivity index (χ0n) is 11.8. The number of aliphatic hydroxyl groups excluding tert-OH is 1. The van der Waals surface area contributed by atoms with Gasteiger partial charge < -0.3 is 9.84 Å². The van der Waals surface area contributed by atoms with Gasteiger partial charge >= 0.3 is 6.09 Å². The van der Waals surface area contributed by atoms with Gasteiger partial charge in [-0.25, -0.2) is 9.80 Å². The first-order valence-electron chi connectivity index (χ1n) is 5.99. The molecule has 0 saturated carbocycles. The van der Waals surface area contributed by atoms with Gasteiger partial charge in [0.15, 0.2) is 0 Å². The second-order valence-electron chi connectivity index (χ2n) is 5.69. The molecular weight excluding hydrogens is 220 g/mol. The minimum absolute atomic E-state index is 0.00444. The first-order chi connectivity index (χ1) is 7.65. The second-order valence-corrected chi connectivity index (χ2v) is 5.69. The van der Waals surface area contributed by atoms with Crippen LogP contribution in [0.3, 0.4) is 0 Å². The van der Waals surface area contributed by atoms with Crippen molar-refractivity contribution in [2.24, 2.45) is 5.92 Å². The van der Waals surface area contributed by atoms with Crippen LogP contribution in [0.1, 0.15) is 41.0 Å². The largest absolute Gasteiger partial charge is 0.443 e. The van der Waals surface area contributed by atoms with Crippen LogP contribution in [0.5, 0.6) is 0 Å². The number of hydrogen-bond acceptors (Lipinski definition) is 4. The number of nitrogens with zero attached hydrogens (tertiary/aromatic N) is 1. The number of ether oxygens (including phenoxy) is 1. The lowest BCUT2D eigenvalue weighted by molar-refractivity contribution is 0.0216. The normalized spacial score (nSPS) is 13.9. The molecule has 0 aromatic heterocycles. The maximum Gasteiger partial charge on any atom is 0.422 e. The molecule has 0 aliphatic rings. The number of carbonyl (C=O) groups excluding carboxylic acids is 1. The van der Waals surface area contributed by atoms with Crippen molar-refractivity contribution in [3.8, 4) is 0 Å². The molecule has 1 amide bonds. The lowest BCUT2D eigenvalue weighted by Crippen LogP contribution is -2.49. The van der Waals surface area contributed by atoms with Crippen LogP contribution in [0, 0.1) is 5.92 Å². The number of hydrazine groups is 1. The maximum absolute atomic E-state index is 11.5. The average Bonchev–Trinajstić information content (AvgIpc) is 2.10. The number of rotatable bonds is 5. The number of aliphatic hydroxyl groups is 1. The summed E-state index contributed by atoms with van der Waals surface area (Å²) >= 11 is 0. The molecule has 0 spiro atoms. The quantitative estimate of drug-likeness (QED) is 0.726. The SMILES string of the molecule is CC(C)CC(CO)N(C)NC(=O)OC(C)(C)C. The molecule has 1 unspecified atom stereocenters. The number of carbonyl (C=O) groups is 1. The second kappa shape index (κ2) is 6.81. The fourth-order valence-corrected chi connectivity index (χ4v) is 1.44. The molecule has 102 valence electrons. The number of likely N-dealkylation sites (N-methyl/N-ethyl adjacent to an activating group) is 1. The van der Waals surface area contributed by atoms with Crippen molar-refractivity contribution < 1.29 is 14.6 Å². The maximum atomic E-state index is 11.5. The predicted octanol–water partition coefficient (Wildman–Crippen LogP) is 1.76. The zero-order valence-corrected chi connectivity index (χ0v) is 11.8. The lowest BCUT2D eigenvalue weighted by atomic mass is 10.0. The van der Waals surface area contributed by atoms with Crippen LogP contribution < -0.4 is 5.43 Å². The zero-order chi connectivity index (χ0) is 13.6. The monoisotopic (exact) mass is 246 g/mol. The summed E-state index contributed by atoms with van der Waals surface area (Å²) in [5.41, 5.74) is 2.09. The van der Waals surface area contributed by atoms with Crippen molar-refractivity contribution in [2.45, 2.75) is 52.7 Å². The molecule has 0 aromatic rings. The van der Waals surface area contributed by atoms with Crippen LogP contribution in [0.2, 0.25) is 0 Å². The van der Waals surface area contributed by atoms with Crippen LogP contribution in [-0.4, -0.2) is 41.5 Å². The van der Waals surface area contributed by atoms with Crippen LogP contribution in [0.25, 0.3) is 0 Å². The van der Waals surface area contributed by atoms with Gasteiger partial charge in [0.1, 0.15) is 5.60 Å². The fraction of sp³-hybridized carbons (Fsp3) is 0.917. The number of amides is 1. The Morgan fingerprint density at radius 2 is 1.94 bits per heavy atom. The molecular formula is C12H26N2O3. The number of hydrogen-bond donors (Lipinski definition) is 2. The molecule has 0 aliphatic carbocycles. The molecule has 0 aromatic carbocycles. The highest BCUT2D eigenvalue weighted by molar-refractivity contribution is 5.67. The summed E-state index contributed by atoms with van der Waals surface area (Å²) in [6.45, 7) is 9.58. The van der Waals surface area contributed by atoms with Gasteiger partial charge in [-0.3, -0.25) is 5.43 Å². The third-order valence-electron chi connectivity index (χ3n) is 2.17. The highest BCUT2D eigenvalue weighted by atomic mass is 16.6. The van der Waals surface area contributed by atoms with E-state index in [0.29, 0.717) is 5.92 Å². The van der Waals surface area contributed by atoms with Crippen molar-refractivity contribution in [3.63, 3.8) is 0 Å². The number of nitrogens with one attached hydrogen (secondary N) is 1. The minimum atomic E-state index is -0.516. The molecule has 0 saturated heterocycles. The van der Waals surface area contributed by atoms with Gasteiger partial charge in [0.2, 0.25) is 0 Å². The smallest absolute Gasteiger partial charge is 0.422 e. The summed E-state index contributed by atoms with van der Waals surface area (Å²) in [6, 6.07) is -0.0949. The Morgan fingerprint density at radius 3 is 2.29 bits per heavy atom. The topological polar surface area (TPSA) is 61.8 Å². The highest BCUT2D eigenvalue weighted by Crippen LogP contribution is 2.10. The van der Waals surface area contributed by atoms with Gasteiger partial charge in [-0.2, -0.15) is 0 Å². The van der Waals surface area contributed by atoms with E-state index in [9.17, 15) is 9.90 Å². The van der Waals surface area contributed by atoms with Crippen molar-refractivity contribution in [1.29, 1.82) is 0 Å². The molecule has 5 heteroatoms. The molecule has 2 N–H and O–H groups in total. The average molecular weight is 246 g/mol. The molecule has 0 fully saturated rings. The van der Waals surface area contributed by atoms with Crippen LogP contribution in [-0.2, 0) is 4.74 Å². The van der Waals surface area contributed by atoms with E-state index in [1.54, 1.807) is 12.1 Å². The standard InChI is InChI=1S/C12H26N2O3/c1-9(2)7-10(8-15)14(6)13-11(16)17-12(3,4)5/h9-10,15H,7-8H2,1-6H3,(H,13,16). The highest BCUT2D eigenvalue weighted by Gasteiger charge is 2.21. The van der Waals surface area contributed by atoms with E-state index in [4.69, 9.17) is 4.74 Å². The molecule has 0 heterocycles. The van der Waals surface area contributed by atoms with Gasteiger partial charge in [0.25, 0.3) is 0 Å². The van der Waals surface area contributed by atoms with E-state index in [-0.39, 0.29) is 12.6 Å². The summed E-state index contributed by atoms with van der Waals surface area (Å²) in [5, 5.41) is 10.9. The van der Waals surface area contributed by atoms with E-state index < -0.39 is 11.7 Å². The van der Waals surface area contributed by atoms with Gasteiger partial charge in [-0.1, -0.05) is 13.8 Å². The molecule has 0 radical (unpaired) electrons. The Labute approximate surface area is 104 Å². The Kier molecular flexibility index (Phi) is 6.49. The van der Waals surface area contributed by atoms with E-state index in [1.165, 1.54) is 0 Å². The van der Waals surface area contributed by atoms with Gasteiger partial charge in [0.05, 0.1) is 12.6 Å². The Morgan fingerprint density at radius 1 is 1.41 bits per heavy atom. The lowest BCUT2D eigenvalue weighted by Gasteiger charge is -2.29. The molecule has 17 heavy (non-hydrogen) atoms. The van der Waals surface area contributed by atoms with Crippen molar-refractivity contribution >= 4 is 6.09 Å². The Bertz CT molecular complexity index is 236. The summed E-state index contributed by atoms with van der Waals surface area (Å²) in [5.74, 6) is 0.454. The van der Waals surface area contributed by atoms with Crippen LogP contribution in [0.4, 0.5) is 4.79 Å². The van der Waals surface area contributed by atoms with Crippen LogP contribution >= 0.6 is 0 Å². The van der Waals surface area contributed by atoms with Gasteiger partial charge in [0, 0.05) is 7.05 Å². The first kappa shape index (κ1) is 16.2. The Balaban J connectivity index is 4.21. The summed E-state index contributed by atoms with van der Waals surface area (Å²) in [7, 11) is 1.73. The van der Waals surface area contributed by atoms with Crippen LogP contribution in [0.15, 0.2) is 0 Å². The molecule has 1 atom stereocenters. The third kappa shape index (κ3) is 7.99. The summed E-state index contributed by atoms with van der Waals surface area (Å²) in [4.78, 5) is 11.5. The molecule has 0 rings (SSSR count). The first-order valence-corrected chi connectivity index (χ1v) is 5.99. The fourth-order valence-electron chi connectivity index (χ4n) is 1.44. The van der Waals surface area contributed by atoms with Crippen molar-refractivity contribution in [2.75, 3.05) is 13.7 Å². The molecule has 5 nitrogen and oxygen atoms in total. The van der Waals surface area contributed by atoms with Gasteiger partial charge in [-0.15, -0.1) is 0 Å². The summed E-state index contributed by atoms with van der Waals surface area (Å²) < 4.78 is 5.13. The molecule has 0 aliphatic heterocycles. The van der Waals surface area contributed by atoms with E-state index in [0.717, 1.165) is 6.42 Å². The van der Waals surface area contributed by atoms with E-state index in [2.05, 4.69) is 19.3 Å².